The van der Waals surface area contributed by atoms with E-state index in [-0.39, 0.29) is 0 Å². The summed E-state index contributed by atoms with van der Waals surface area (Å²) in [6, 6.07) is 106. The van der Waals surface area contributed by atoms with E-state index in [1.807, 2.05) is 146 Å². The summed E-state index contributed by atoms with van der Waals surface area (Å²) in [6.07, 6.45) is 13.1. The first-order chi connectivity index (χ1) is 52.6. The molecular weight excluding hydrogens is 1300 g/mol. The lowest BCUT2D eigenvalue weighted by Crippen LogP contribution is -2.00. The molecule has 14 nitrogen and oxygen atoms in total. The second kappa shape index (κ2) is 25.7. The van der Waals surface area contributed by atoms with Crippen LogP contribution in [0.1, 0.15) is 0 Å². The van der Waals surface area contributed by atoms with E-state index in [0.29, 0.717) is 0 Å². The quantitative estimate of drug-likeness (QED) is 0.122. The van der Waals surface area contributed by atoms with E-state index in [1.54, 1.807) is 6.20 Å². The maximum atomic E-state index is 5.29. The fourth-order valence-corrected chi connectivity index (χ4v) is 15.1. The predicted molar refractivity (Wildman–Crippen MR) is 426 cm³/mol. The van der Waals surface area contributed by atoms with Gasteiger partial charge in [-0.25, -0.2) is 24.9 Å². The highest BCUT2D eigenvalue weighted by molar-refractivity contribution is 6.11. The Morgan fingerprint density at radius 2 is 0.557 bits per heavy atom. The zero-order chi connectivity index (χ0) is 70.0. The van der Waals surface area contributed by atoms with Gasteiger partial charge in [0.2, 0.25) is 0 Å². The van der Waals surface area contributed by atoms with Gasteiger partial charge < -0.3 is 9.13 Å². The zero-order valence-electron chi connectivity index (χ0n) is 56.7. The van der Waals surface area contributed by atoms with Gasteiger partial charge in [-0.3, -0.25) is 34.1 Å². The number of aromatic nitrogens is 14. The van der Waals surface area contributed by atoms with Gasteiger partial charge in [-0.05, 0) is 180 Å². The number of benzene rings is 7. The Balaban J connectivity index is 0.000000141. The summed E-state index contributed by atoms with van der Waals surface area (Å²) in [6.45, 7) is 0. The molecule has 496 valence electrons. The van der Waals surface area contributed by atoms with E-state index in [9.17, 15) is 0 Å². The van der Waals surface area contributed by atoms with Crippen LogP contribution in [0.2, 0.25) is 0 Å². The predicted octanol–water partition coefficient (Wildman–Crippen LogP) is 21.4. The van der Waals surface area contributed by atoms with Gasteiger partial charge in [0.25, 0.3) is 0 Å². The fourth-order valence-electron chi connectivity index (χ4n) is 15.1. The minimum Gasteiger partial charge on any atom is -0.309 e. The average Bonchev–Trinajstić information content (AvgIpc) is 1.67. The van der Waals surface area contributed by atoms with Crippen molar-refractivity contribution in [3.8, 4) is 102 Å². The molecule has 0 N–H and O–H groups in total. The molecule has 21 rings (SSSR count). The normalized spacial score (nSPS) is 11.6. The van der Waals surface area contributed by atoms with Crippen molar-refractivity contribution < 1.29 is 0 Å². The van der Waals surface area contributed by atoms with E-state index >= 15 is 0 Å². The summed E-state index contributed by atoms with van der Waals surface area (Å²) >= 11 is 0. The number of nitrogens with zero attached hydrogens (tertiary/aromatic N) is 14. The Kier molecular flexibility index (Phi) is 14.8. The number of hydrogen-bond donors (Lipinski definition) is 0. The second-order valence-electron chi connectivity index (χ2n) is 26.0. The smallest absolute Gasteiger partial charge is 0.138 e. The van der Waals surface area contributed by atoms with Crippen molar-refractivity contribution in [3.05, 3.63) is 353 Å². The third-order valence-electron chi connectivity index (χ3n) is 19.8. The summed E-state index contributed by atoms with van der Waals surface area (Å²) in [5, 5.41) is 6.74. The Morgan fingerprint density at radius 3 is 1.11 bits per heavy atom. The summed E-state index contributed by atoms with van der Waals surface area (Å²) in [7, 11) is 0. The van der Waals surface area contributed by atoms with Crippen molar-refractivity contribution in [1.29, 1.82) is 0 Å². The highest BCUT2D eigenvalue weighted by atomic mass is 15.1. The SMILES string of the molecule is c1ccc(-c2cc(-c3cccc(-n4c5ccccc5c5cnccc54)c3)cc(-c3cccc(-n4c5ccccc5c5cnccc54)n3)n2)nc1.c1ccc(-c2cccc(-c3cc(-c4cccc(-n5c6ccccc6c6ncccc65)c4)cc(-c4cccc(-n5c6ccccc6c6ncccc65)n4)n3)n2)cc1. The Bertz CT molecular complexity index is 6430. The summed E-state index contributed by atoms with van der Waals surface area (Å²) in [5.74, 6) is 1.61. The van der Waals surface area contributed by atoms with E-state index in [1.165, 1.54) is 5.39 Å². The molecule has 0 unspecified atom stereocenters. The highest BCUT2D eigenvalue weighted by Crippen LogP contribution is 2.40. The third kappa shape index (κ3) is 10.7. The highest BCUT2D eigenvalue weighted by Gasteiger charge is 2.21. The van der Waals surface area contributed by atoms with Crippen LogP contribution in [0.4, 0.5) is 0 Å². The van der Waals surface area contributed by atoms with Gasteiger partial charge in [-0.1, -0.05) is 152 Å². The molecular formula is C92H58N14. The molecule has 0 aliphatic carbocycles. The summed E-state index contributed by atoms with van der Waals surface area (Å²) in [5.41, 5.74) is 24.9. The molecule has 14 heteroatoms. The molecule has 21 aromatic rings. The molecule has 0 spiro atoms. The fraction of sp³-hybridized carbons (Fsp3) is 0. The summed E-state index contributed by atoms with van der Waals surface area (Å²) < 4.78 is 8.98. The molecule has 14 heterocycles. The van der Waals surface area contributed by atoms with E-state index in [2.05, 4.69) is 233 Å². The molecule has 106 heavy (non-hydrogen) atoms. The van der Waals surface area contributed by atoms with Crippen LogP contribution < -0.4 is 0 Å². The first-order valence-electron chi connectivity index (χ1n) is 35.1. The molecule has 0 atom stereocenters. The number of para-hydroxylation sites is 4. The number of rotatable bonds is 11. The van der Waals surface area contributed by atoms with Crippen LogP contribution in [0.25, 0.3) is 190 Å². The van der Waals surface area contributed by atoms with Crippen LogP contribution in [0.15, 0.2) is 353 Å². The molecule has 0 fully saturated rings. The molecule has 0 saturated carbocycles. The van der Waals surface area contributed by atoms with Gasteiger partial charge in [0.15, 0.2) is 0 Å². The van der Waals surface area contributed by atoms with Crippen molar-refractivity contribution in [2.75, 3.05) is 0 Å². The lowest BCUT2D eigenvalue weighted by molar-refractivity contribution is 1.07. The average molecular weight is 1360 g/mol. The van der Waals surface area contributed by atoms with Crippen LogP contribution in [0, 0.1) is 0 Å². The van der Waals surface area contributed by atoms with Crippen LogP contribution >= 0.6 is 0 Å². The van der Waals surface area contributed by atoms with E-state index < -0.39 is 0 Å². The van der Waals surface area contributed by atoms with Gasteiger partial charge in [0, 0.05) is 92.6 Å². The third-order valence-corrected chi connectivity index (χ3v) is 19.8. The van der Waals surface area contributed by atoms with Crippen molar-refractivity contribution in [2.45, 2.75) is 0 Å². The van der Waals surface area contributed by atoms with Crippen LogP contribution in [0.5, 0.6) is 0 Å². The molecule has 14 aromatic heterocycles. The lowest BCUT2D eigenvalue weighted by Gasteiger charge is -2.13. The molecule has 0 radical (unpaired) electrons. The van der Waals surface area contributed by atoms with Crippen LogP contribution in [-0.4, -0.2) is 68.1 Å². The first kappa shape index (κ1) is 61.1. The second-order valence-corrected chi connectivity index (χ2v) is 26.0. The van der Waals surface area contributed by atoms with Crippen LogP contribution in [-0.2, 0) is 0 Å². The van der Waals surface area contributed by atoms with Crippen molar-refractivity contribution in [1.82, 2.24) is 68.1 Å². The van der Waals surface area contributed by atoms with E-state index in [4.69, 9.17) is 34.9 Å². The standard InChI is InChI=1S/C49H31N7.C43H27N7/c1-2-13-32(14-3-1)38-19-9-20-39(52-38)41-30-34(33-15-8-16-35(29-33)55-43-22-6-4-17-36(43)48-45(55)24-11-27-50-48)31-42(53-41)40-21-10-26-47(54-40)56-44-23-7-5-18-37(44)49-46(56)25-12-28-51-49;1-3-15-39-31(11-1)33-26-44-21-18-41(33)49(39)30-10-7-9-28(23-30)29-24-37(35-13-5-6-20-46-35)47-38(25-29)36-14-8-17-43(48-36)50-40-16-4-2-12-32(40)34-27-45-22-19-42(34)50/h1-31H;1-27H. The zero-order valence-corrected chi connectivity index (χ0v) is 56.7. The van der Waals surface area contributed by atoms with Gasteiger partial charge in [0.05, 0.1) is 106 Å². The maximum Gasteiger partial charge on any atom is 0.138 e. The Morgan fingerprint density at radius 1 is 0.189 bits per heavy atom. The number of pyridine rings is 10. The topological polar surface area (TPSA) is 149 Å². The lowest BCUT2D eigenvalue weighted by atomic mass is 10.0. The molecule has 0 saturated heterocycles. The molecule has 0 amide bonds. The van der Waals surface area contributed by atoms with E-state index in [0.717, 1.165) is 184 Å². The number of fused-ring (bicyclic) bond motifs is 12. The minimum absolute atomic E-state index is 0.747. The van der Waals surface area contributed by atoms with Crippen LogP contribution in [0.3, 0.4) is 0 Å². The number of hydrogen-bond acceptors (Lipinski definition) is 10. The Hall–Kier alpha value is -14.8. The monoisotopic (exact) mass is 1360 g/mol. The minimum atomic E-state index is 0.747. The van der Waals surface area contributed by atoms with Gasteiger partial charge >= 0.3 is 0 Å². The van der Waals surface area contributed by atoms with Gasteiger partial charge in [0.1, 0.15) is 11.6 Å². The molecule has 0 aliphatic rings. The Labute approximate surface area is 606 Å². The first-order valence-corrected chi connectivity index (χ1v) is 35.1. The molecule has 7 aromatic carbocycles. The maximum absolute atomic E-state index is 5.29. The van der Waals surface area contributed by atoms with Gasteiger partial charge in [-0.2, -0.15) is 0 Å². The van der Waals surface area contributed by atoms with Gasteiger partial charge in [-0.15, -0.1) is 0 Å². The summed E-state index contributed by atoms with van der Waals surface area (Å²) in [4.78, 5) is 49.1. The largest absolute Gasteiger partial charge is 0.309 e. The molecule has 0 aliphatic heterocycles. The van der Waals surface area contributed by atoms with Crippen molar-refractivity contribution in [2.24, 2.45) is 0 Å². The van der Waals surface area contributed by atoms with Crippen molar-refractivity contribution in [3.63, 3.8) is 0 Å². The molecule has 0 bridgehead atoms. The van der Waals surface area contributed by atoms with Crippen molar-refractivity contribution >= 4 is 87.5 Å².